The van der Waals surface area contributed by atoms with Gasteiger partial charge in [-0.1, -0.05) is 13.8 Å². The van der Waals surface area contributed by atoms with Gasteiger partial charge in [0.05, 0.1) is 6.20 Å². The van der Waals surface area contributed by atoms with E-state index in [1.807, 2.05) is 36.7 Å². The summed E-state index contributed by atoms with van der Waals surface area (Å²) in [6, 6.07) is -0.200. The quantitative estimate of drug-likeness (QED) is 0.702. The molecule has 1 aromatic rings. The lowest BCUT2D eigenvalue weighted by Gasteiger charge is -2.42. The molecule has 28 heavy (non-hydrogen) atoms. The van der Waals surface area contributed by atoms with Crippen LogP contribution in [0.3, 0.4) is 0 Å². The van der Waals surface area contributed by atoms with Gasteiger partial charge in [0.2, 0.25) is 0 Å². The van der Waals surface area contributed by atoms with Crippen molar-refractivity contribution in [3.8, 4) is 0 Å². The normalized spacial score (nSPS) is 20.4. The van der Waals surface area contributed by atoms with E-state index in [9.17, 15) is 9.59 Å². The van der Waals surface area contributed by atoms with Crippen molar-refractivity contribution in [1.82, 2.24) is 24.5 Å². The Kier molecular flexibility index (Phi) is 5.84. The predicted molar refractivity (Wildman–Crippen MR) is 109 cm³/mol. The Morgan fingerprint density at radius 3 is 2.29 bits per heavy atom. The first-order valence-electron chi connectivity index (χ1n) is 10.5. The minimum Gasteiger partial charge on any atom is -0.309 e. The van der Waals surface area contributed by atoms with E-state index in [4.69, 9.17) is 0 Å². The van der Waals surface area contributed by atoms with Gasteiger partial charge >= 0.3 is 6.03 Å². The molecule has 2 saturated heterocycles. The van der Waals surface area contributed by atoms with Crippen molar-refractivity contribution >= 4 is 11.9 Å². The summed E-state index contributed by atoms with van der Waals surface area (Å²) in [5.41, 5.74) is 1.75. The van der Waals surface area contributed by atoms with Crippen LogP contribution in [0.25, 0.3) is 0 Å². The second-order valence-corrected chi connectivity index (χ2v) is 9.07. The molecular weight excluding hydrogens is 354 g/mol. The van der Waals surface area contributed by atoms with Crippen LogP contribution < -0.4 is 0 Å². The average molecular weight is 390 g/mol. The van der Waals surface area contributed by atoms with Gasteiger partial charge in [0.1, 0.15) is 5.54 Å². The maximum atomic E-state index is 13.3. The Morgan fingerprint density at radius 2 is 1.79 bits per heavy atom. The zero-order chi connectivity index (χ0) is 20.6. The molecule has 156 valence electrons. The van der Waals surface area contributed by atoms with Crippen molar-refractivity contribution in [3.05, 3.63) is 17.5 Å². The lowest BCUT2D eigenvalue weighted by Crippen LogP contribution is -2.56. The highest BCUT2D eigenvalue weighted by molar-refractivity contribution is 6.07. The predicted octanol–water partition coefficient (Wildman–Crippen LogP) is 2.78. The van der Waals surface area contributed by atoms with Gasteiger partial charge in [0, 0.05) is 50.5 Å². The van der Waals surface area contributed by atoms with Crippen LogP contribution >= 0.6 is 0 Å². The largest absolute Gasteiger partial charge is 0.327 e. The summed E-state index contributed by atoms with van der Waals surface area (Å²) in [7, 11) is 1.96. The molecule has 0 aliphatic carbocycles. The number of urea groups is 1. The SMILES string of the molecule is Cc1c(CN2CCC3(CC2)C(=O)N(C(C)C)C(=O)N3CCC(C)C)cnn1C. The van der Waals surface area contributed by atoms with E-state index in [1.165, 1.54) is 16.2 Å². The Morgan fingerprint density at radius 1 is 1.14 bits per heavy atom. The molecule has 0 unspecified atom stereocenters. The van der Waals surface area contributed by atoms with Gasteiger partial charge in [-0.15, -0.1) is 0 Å². The van der Waals surface area contributed by atoms with Crippen LogP contribution in [0.15, 0.2) is 6.20 Å². The monoisotopic (exact) mass is 389 g/mol. The van der Waals surface area contributed by atoms with Crippen molar-refractivity contribution in [2.24, 2.45) is 13.0 Å². The van der Waals surface area contributed by atoms with E-state index < -0.39 is 5.54 Å². The van der Waals surface area contributed by atoms with Crippen LogP contribution in [0, 0.1) is 12.8 Å². The maximum Gasteiger partial charge on any atom is 0.327 e. The molecule has 0 saturated carbocycles. The molecule has 3 rings (SSSR count). The molecule has 0 bridgehead atoms. The minimum atomic E-state index is -0.656. The Bertz CT molecular complexity index is 731. The number of rotatable bonds is 6. The van der Waals surface area contributed by atoms with E-state index >= 15 is 0 Å². The van der Waals surface area contributed by atoms with Crippen LogP contribution in [0.5, 0.6) is 0 Å². The highest BCUT2D eigenvalue weighted by atomic mass is 16.2. The summed E-state index contributed by atoms with van der Waals surface area (Å²) in [6.45, 7) is 13.4. The molecule has 3 heterocycles. The zero-order valence-electron chi connectivity index (χ0n) is 18.2. The molecule has 0 atom stereocenters. The minimum absolute atomic E-state index is 0.00784. The van der Waals surface area contributed by atoms with Crippen molar-refractivity contribution < 1.29 is 9.59 Å². The first kappa shape index (κ1) is 20.8. The first-order chi connectivity index (χ1) is 13.2. The fourth-order valence-corrected chi connectivity index (χ4v) is 4.40. The fraction of sp³-hybridized carbons (Fsp3) is 0.762. The van der Waals surface area contributed by atoms with Crippen LogP contribution in [0.2, 0.25) is 0 Å². The third kappa shape index (κ3) is 3.56. The van der Waals surface area contributed by atoms with Crippen LogP contribution in [-0.2, 0) is 18.4 Å². The number of aryl methyl sites for hydroxylation is 1. The number of hydrogen-bond acceptors (Lipinski definition) is 4. The van der Waals surface area contributed by atoms with E-state index in [-0.39, 0.29) is 18.0 Å². The fourth-order valence-electron chi connectivity index (χ4n) is 4.40. The standard InChI is InChI=1S/C21H35N5O2/c1-15(2)7-10-25-20(28)26(16(3)4)19(27)21(25)8-11-24(12-9-21)14-18-13-22-23(6)17(18)5/h13,15-16H,7-12,14H2,1-6H3. The highest BCUT2D eigenvalue weighted by Crippen LogP contribution is 2.39. The van der Waals surface area contributed by atoms with Gasteiger partial charge < -0.3 is 4.90 Å². The second kappa shape index (κ2) is 7.85. The summed E-state index contributed by atoms with van der Waals surface area (Å²) in [5, 5.41) is 4.33. The molecule has 3 amide bonds. The number of imide groups is 1. The number of likely N-dealkylation sites (tertiary alicyclic amines) is 1. The van der Waals surface area contributed by atoms with Gasteiger partial charge in [-0.05, 0) is 46.0 Å². The van der Waals surface area contributed by atoms with E-state index in [0.717, 1.165) is 26.1 Å². The van der Waals surface area contributed by atoms with Crippen molar-refractivity contribution in [2.45, 2.75) is 72.0 Å². The number of carbonyl (C=O) groups excluding carboxylic acids is 2. The van der Waals surface area contributed by atoms with Gasteiger partial charge in [0.15, 0.2) is 0 Å². The van der Waals surface area contributed by atoms with Crippen LogP contribution in [0.1, 0.15) is 58.2 Å². The number of hydrogen-bond donors (Lipinski definition) is 0. The van der Waals surface area contributed by atoms with Crippen molar-refractivity contribution in [2.75, 3.05) is 19.6 Å². The van der Waals surface area contributed by atoms with Crippen molar-refractivity contribution in [1.29, 1.82) is 0 Å². The van der Waals surface area contributed by atoms with E-state index in [1.54, 1.807) is 0 Å². The molecule has 0 radical (unpaired) electrons. The number of carbonyl (C=O) groups is 2. The summed E-state index contributed by atoms with van der Waals surface area (Å²) in [6.07, 6.45) is 4.26. The lowest BCUT2D eigenvalue weighted by atomic mass is 9.85. The highest BCUT2D eigenvalue weighted by Gasteiger charge is 2.58. The molecule has 0 N–H and O–H groups in total. The van der Waals surface area contributed by atoms with Gasteiger partial charge in [0.25, 0.3) is 5.91 Å². The third-order valence-electron chi connectivity index (χ3n) is 6.43. The molecule has 2 aliphatic rings. The molecule has 2 fully saturated rings. The molecule has 1 spiro atoms. The average Bonchev–Trinajstić information content (AvgIpc) is 3.04. The third-order valence-corrected chi connectivity index (χ3v) is 6.43. The Hall–Kier alpha value is -1.89. The summed E-state index contributed by atoms with van der Waals surface area (Å²) < 4.78 is 1.90. The van der Waals surface area contributed by atoms with E-state index in [2.05, 4.69) is 30.8 Å². The molecular formula is C21H35N5O2. The molecule has 7 nitrogen and oxygen atoms in total. The van der Waals surface area contributed by atoms with Crippen LogP contribution in [0.4, 0.5) is 4.79 Å². The summed E-state index contributed by atoms with van der Waals surface area (Å²) >= 11 is 0. The number of aromatic nitrogens is 2. The maximum absolute atomic E-state index is 13.3. The van der Waals surface area contributed by atoms with Gasteiger partial charge in [-0.25, -0.2) is 4.79 Å². The summed E-state index contributed by atoms with van der Waals surface area (Å²) in [4.78, 5) is 32.2. The molecule has 0 aromatic carbocycles. The van der Waals surface area contributed by atoms with Gasteiger partial charge in [-0.2, -0.15) is 5.10 Å². The topological polar surface area (TPSA) is 61.7 Å². The van der Waals surface area contributed by atoms with Crippen molar-refractivity contribution in [3.63, 3.8) is 0 Å². The van der Waals surface area contributed by atoms with E-state index in [0.29, 0.717) is 25.3 Å². The number of amides is 3. The molecule has 1 aromatic heterocycles. The second-order valence-electron chi connectivity index (χ2n) is 9.07. The zero-order valence-corrected chi connectivity index (χ0v) is 18.2. The Balaban J connectivity index is 1.76. The Labute approximate surface area is 168 Å². The first-order valence-corrected chi connectivity index (χ1v) is 10.5. The number of piperidine rings is 1. The van der Waals surface area contributed by atoms with Crippen LogP contribution in [-0.4, -0.2) is 67.6 Å². The summed E-state index contributed by atoms with van der Waals surface area (Å²) in [5.74, 6) is 0.509. The smallest absolute Gasteiger partial charge is 0.309 e. The lowest BCUT2D eigenvalue weighted by molar-refractivity contribution is -0.136. The number of nitrogens with zero attached hydrogens (tertiary/aromatic N) is 5. The van der Waals surface area contributed by atoms with Gasteiger partial charge in [-0.3, -0.25) is 19.3 Å². The molecule has 7 heteroatoms. The molecule has 2 aliphatic heterocycles.